The second kappa shape index (κ2) is 5.65. The average Bonchev–Trinajstić information content (AvgIpc) is 2.29. The molecule has 1 heterocycles. The summed E-state index contributed by atoms with van der Waals surface area (Å²) in [5, 5.41) is 3.52. The number of nitrogen functional groups attached to an aromatic ring is 1. The molecular weight excluding hydrogens is 256 g/mol. The lowest BCUT2D eigenvalue weighted by atomic mass is 10.1. The molecule has 1 aromatic rings. The van der Waals surface area contributed by atoms with E-state index in [1.807, 2.05) is 11.8 Å². The van der Waals surface area contributed by atoms with Gasteiger partial charge < -0.3 is 11.1 Å². The first-order chi connectivity index (χ1) is 8.15. The Labute approximate surface area is 110 Å². The van der Waals surface area contributed by atoms with E-state index in [0.29, 0.717) is 16.3 Å². The summed E-state index contributed by atoms with van der Waals surface area (Å²) in [5.41, 5.74) is 6.71. The van der Waals surface area contributed by atoms with Crippen molar-refractivity contribution >= 4 is 35.0 Å². The van der Waals surface area contributed by atoms with Gasteiger partial charge in [-0.2, -0.15) is 11.8 Å². The second-order valence-corrected chi connectivity index (χ2v) is 5.79. The van der Waals surface area contributed by atoms with Gasteiger partial charge in [0, 0.05) is 22.3 Å². The molecule has 0 bridgehead atoms. The Morgan fingerprint density at radius 1 is 1.35 bits per heavy atom. The van der Waals surface area contributed by atoms with E-state index in [0.717, 1.165) is 24.3 Å². The van der Waals surface area contributed by atoms with Crippen molar-refractivity contribution in [3.63, 3.8) is 0 Å². The summed E-state index contributed by atoms with van der Waals surface area (Å²) in [6, 6.07) is 5.21. The highest BCUT2D eigenvalue weighted by atomic mass is 35.5. The number of hydrogen-bond acceptors (Lipinski definition) is 3. The molecule has 2 rings (SSSR count). The zero-order chi connectivity index (χ0) is 12.3. The normalized spacial score (nSPS) is 16.8. The minimum atomic E-state index is -0.0869. The van der Waals surface area contributed by atoms with E-state index in [4.69, 9.17) is 17.3 Å². The average molecular weight is 271 g/mol. The van der Waals surface area contributed by atoms with Crippen LogP contribution in [0.3, 0.4) is 0 Å². The lowest BCUT2D eigenvalue weighted by Gasteiger charge is -2.22. The third kappa shape index (κ3) is 3.54. The van der Waals surface area contributed by atoms with Gasteiger partial charge in [-0.15, -0.1) is 0 Å². The van der Waals surface area contributed by atoms with Gasteiger partial charge in [0.15, 0.2) is 0 Å². The molecule has 3 nitrogen and oxygen atoms in total. The number of nitrogens with one attached hydrogen (secondary N) is 1. The van der Waals surface area contributed by atoms with Crippen LogP contribution in [0.15, 0.2) is 18.2 Å². The van der Waals surface area contributed by atoms with Gasteiger partial charge in [-0.3, -0.25) is 4.79 Å². The quantitative estimate of drug-likeness (QED) is 0.812. The molecule has 1 aromatic carbocycles. The fraction of sp³-hybridized carbons (Fsp3) is 0.417. The Kier molecular flexibility index (Phi) is 4.18. The highest BCUT2D eigenvalue weighted by Gasteiger charge is 2.17. The Bertz CT molecular complexity index is 399. The number of benzene rings is 1. The molecule has 3 N–H and O–H groups in total. The van der Waals surface area contributed by atoms with Gasteiger partial charge in [0.05, 0.1) is 0 Å². The van der Waals surface area contributed by atoms with Crippen LogP contribution in [-0.2, 0) is 0 Å². The van der Waals surface area contributed by atoms with E-state index in [1.165, 1.54) is 0 Å². The lowest BCUT2D eigenvalue weighted by Crippen LogP contribution is -2.37. The van der Waals surface area contributed by atoms with Gasteiger partial charge in [0.25, 0.3) is 5.91 Å². The number of carbonyl (C=O) groups excluding carboxylic acids is 1. The number of anilines is 1. The fourth-order valence-corrected chi connectivity index (χ4v) is 3.20. The molecule has 17 heavy (non-hydrogen) atoms. The fourth-order valence-electron chi connectivity index (χ4n) is 1.85. The first kappa shape index (κ1) is 12.6. The number of thioether (sulfide) groups is 1. The standard InChI is InChI=1S/C12H15ClN2OS/c13-9-5-8(6-10(14)7-9)12(16)15-11-1-3-17-4-2-11/h5-7,11H,1-4,14H2,(H,15,16). The predicted molar refractivity (Wildman–Crippen MR) is 73.7 cm³/mol. The summed E-state index contributed by atoms with van der Waals surface area (Å²) >= 11 is 7.81. The van der Waals surface area contributed by atoms with E-state index in [9.17, 15) is 4.79 Å². The SMILES string of the molecule is Nc1cc(Cl)cc(C(=O)NC2CCSCC2)c1. The topological polar surface area (TPSA) is 55.1 Å². The highest BCUT2D eigenvalue weighted by molar-refractivity contribution is 7.99. The van der Waals surface area contributed by atoms with Crippen molar-refractivity contribution in [3.05, 3.63) is 28.8 Å². The maximum atomic E-state index is 12.0. The largest absolute Gasteiger partial charge is 0.399 e. The first-order valence-corrected chi connectivity index (χ1v) is 7.13. The summed E-state index contributed by atoms with van der Waals surface area (Å²) < 4.78 is 0. The third-order valence-electron chi connectivity index (χ3n) is 2.74. The van der Waals surface area contributed by atoms with Crippen molar-refractivity contribution < 1.29 is 4.79 Å². The monoisotopic (exact) mass is 270 g/mol. The predicted octanol–water partition coefficient (Wildman–Crippen LogP) is 2.55. The zero-order valence-electron chi connectivity index (χ0n) is 9.41. The molecule has 1 aliphatic heterocycles. The molecule has 0 aromatic heterocycles. The number of carbonyl (C=O) groups is 1. The van der Waals surface area contributed by atoms with Crippen LogP contribution in [0.4, 0.5) is 5.69 Å². The van der Waals surface area contributed by atoms with E-state index < -0.39 is 0 Å². The van der Waals surface area contributed by atoms with Gasteiger partial charge in [-0.1, -0.05) is 11.6 Å². The minimum absolute atomic E-state index is 0.0869. The van der Waals surface area contributed by atoms with Crippen molar-refractivity contribution in [3.8, 4) is 0 Å². The van der Waals surface area contributed by atoms with E-state index in [1.54, 1.807) is 18.2 Å². The van der Waals surface area contributed by atoms with Crippen molar-refractivity contribution in [2.75, 3.05) is 17.2 Å². The third-order valence-corrected chi connectivity index (χ3v) is 4.01. The second-order valence-electron chi connectivity index (χ2n) is 4.13. The molecule has 1 fully saturated rings. The summed E-state index contributed by atoms with van der Waals surface area (Å²) in [4.78, 5) is 12.0. The van der Waals surface area contributed by atoms with E-state index >= 15 is 0 Å². The molecule has 5 heteroatoms. The van der Waals surface area contributed by atoms with Gasteiger partial charge in [-0.25, -0.2) is 0 Å². The number of hydrogen-bond donors (Lipinski definition) is 2. The summed E-state index contributed by atoms with van der Waals surface area (Å²) in [7, 11) is 0. The van der Waals surface area contributed by atoms with Crippen LogP contribution in [-0.4, -0.2) is 23.5 Å². The van der Waals surface area contributed by atoms with Gasteiger partial charge in [-0.05, 0) is 42.5 Å². The molecule has 0 saturated carbocycles. The van der Waals surface area contributed by atoms with Crippen LogP contribution in [0.1, 0.15) is 23.2 Å². The molecule has 0 spiro atoms. The molecule has 0 aliphatic carbocycles. The van der Waals surface area contributed by atoms with Crippen LogP contribution in [0.5, 0.6) is 0 Å². The molecular formula is C12H15ClN2OS. The Morgan fingerprint density at radius 3 is 2.71 bits per heavy atom. The van der Waals surface area contributed by atoms with Gasteiger partial charge >= 0.3 is 0 Å². The molecule has 0 atom stereocenters. The van der Waals surface area contributed by atoms with E-state index in [2.05, 4.69) is 5.32 Å². The summed E-state index contributed by atoms with van der Waals surface area (Å²) in [6.45, 7) is 0. The Morgan fingerprint density at radius 2 is 2.06 bits per heavy atom. The number of rotatable bonds is 2. The molecule has 92 valence electrons. The molecule has 1 aliphatic rings. The number of halogens is 1. The Hall–Kier alpha value is -0.870. The van der Waals surface area contributed by atoms with Crippen LogP contribution in [0, 0.1) is 0 Å². The number of nitrogens with two attached hydrogens (primary N) is 1. The lowest BCUT2D eigenvalue weighted by molar-refractivity contribution is 0.0935. The maximum absolute atomic E-state index is 12.0. The Balaban J connectivity index is 2.03. The van der Waals surface area contributed by atoms with E-state index in [-0.39, 0.29) is 11.9 Å². The van der Waals surface area contributed by atoms with Crippen LogP contribution >= 0.6 is 23.4 Å². The minimum Gasteiger partial charge on any atom is -0.399 e. The zero-order valence-corrected chi connectivity index (χ0v) is 11.0. The highest BCUT2D eigenvalue weighted by Crippen LogP contribution is 2.19. The number of amides is 1. The van der Waals surface area contributed by atoms with Gasteiger partial charge in [0.2, 0.25) is 0 Å². The van der Waals surface area contributed by atoms with Crippen LogP contribution in [0.2, 0.25) is 5.02 Å². The molecule has 1 amide bonds. The van der Waals surface area contributed by atoms with Crippen molar-refractivity contribution in [2.24, 2.45) is 0 Å². The maximum Gasteiger partial charge on any atom is 0.251 e. The first-order valence-electron chi connectivity index (χ1n) is 5.60. The summed E-state index contributed by atoms with van der Waals surface area (Å²) in [6.07, 6.45) is 2.07. The molecule has 1 saturated heterocycles. The molecule has 0 radical (unpaired) electrons. The van der Waals surface area contributed by atoms with Crippen LogP contribution < -0.4 is 11.1 Å². The van der Waals surface area contributed by atoms with Crippen molar-refractivity contribution in [2.45, 2.75) is 18.9 Å². The van der Waals surface area contributed by atoms with Crippen LogP contribution in [0.25, 0.3) is 0 Å². The smallest absolute Gasteiger partial charge is 0.251 e. The summed E-state index contributed by atoms with van der Waals surface area (Å²) in [5.74, 6) is 2.14. The molecule has 0 unspecified atom stereocenters. The van der Waals surface area contributed by atoms with Crippen molar-refractivity contribution in [1.82, 2.24) is 5.32 Å². The van der Waals surface area contributed by atoms with Gasteiger partial charge in [0.1, 0.15) is 0 Å². The van der Waals surface area contributed by atoms with Crippen molar-refractivity contribution in [1.29, 1.82) is 0 Å².